The summed E-state index contributed by atoms with van der Waals surface area (Å²) < 4.78 is 9.85. The highest BCUT2D eigenvalue weighted by Gasteiger charge is 2.31. The number of hydrogen-bond acceptors (Lipinski definition) is 8. The van der Waals surface area contributed by atoms with Crippen LogP contribution < -0.4 is 10.9 Å². The Labute approximate surface area is 158 Å². The average molecular weight is 390 g/mol. The van der Waals surface area contributed by atoms with Gasteiger partial charge in [-0.25, -0.2) is 9.36 Å². The summed E-state index contributed by atoms with van der Waals surface area (Å²) in [6, 6.07) is 7.66. The molecule has 0 aliphatic carbocycles. The number of carbonyl (C=O) groups excluding carboxylic acids is 3. The van der Waals surface area contributed by atoms with Crippen LogP contribution in [-0.2, 0) is 14.3 Å². The van der Waals surface area contributed by atoms with Gasteiger partial charge in [0, 0.05) is 0 Å². The van der Waals surface area contributed by atoms with Crippen LogP contribution in [0, 0.1) is 0 Å². The zero-order valence-corrected chi connectivity index (χ0v) is 15.1. The predicted molar refractivity (Wildman–Crippen MR) is 95.7 cm³/mol. The summed E-state index contributed by atoms with van der Waals surface area (Å²) in [5.41, 5.74) is -2.58. The number of nitrogens with one attached hydrogen (secondary N) is 1. The first-order chi connectivity index (χ1) is 13.3. The summed E-state index contributed by atoms with van der Waals surface area (Å²) in [5.74, 6) is -5.03. The summed E-state index contributed by atoms with van der Waals surface area (Å²) in [4.78, 5) is 48.7. The fraction of sp³-hybridized carbons (Fsp3) is 0.222. The lowest BCUT2D eigenvalue weighted by Crippen LogP contribution is -2.36. The fourth-order valence-corrected chi connectivity index (χ4v) is 2.42. The second-order valence-corrected chi connectivity index (χ2v) is 5.38. The number of rotatable bonds is 6. The van der Waals surface area contributed by atoms with Crippen LogP contribution in [-0.4, -0.2) is 52.9 Å². The number of esters is 2. The summed E-state index contributed by atoms with van der Waals surface area (Å²) >= 11 is 0. The molecule has 1 aromatic carbocycles. The smallest absolute Gasteiger partial charge is 0.347 e. The molecule has 0 radical (unpaired) electrons. The van der Waals surface area contributed by atoms with E-state index in [4.69, 9.17) is 0 Å². The van der Waals surface area contributed by atoms with Crippen molar-refractivity contribution in [3.05, 3.63) is 51.8 Å². The van der Waals surface area contributed by atoms with Crippen LogP contribution >= 0.6 is 0 Å². The first-order valence-electron chi connectivity index (χ1n) is 8.11. The van der Waals surface area contributed by atoms with Gasteiger partial charge in [-0.1, -0.05) is 18.2 Å². The molecule has 1 aromatic heterocycles. The van der Waals surface area contributed by atoms with Crippen molar-refractivity contribution in [1.82, 2.24) is 9.88 Å². The molecular weight excluding hydrogens is 372 g/mol. The van der Waals surface area contributed by atoms with E-state index in [-0.39, 0.29) is 12.3 Å². The number of hydrogen-bond donors (Lipinski definition) is 3. The number of ether oxygens (including phenoxy) is 2. The molecular formula is C18H18N2O8. The lowest BCUT2D eigenvalue weighted by Gasteiger charge is -2.16. The molecule has 0 unspecified atom stereocenters. The van der Waals surface area contributed by atoms with E-state index in [0.717, 1.165) is 7.11 Å². The number of carbonyl (C=O) groups is 3. The van der Waals surface area contributed by atoms with E-state index in [9.17, 15) is 29.4 Å². The second-order valence-electron chi connectivity index (χ2n) is 5.38. The van der Waals surface area contributed by atoms with Crippen molar-refractivity contribution in [2.45, 2.75) is 6.92 Å². The molecule has 0 bridgehead atoms. The molecule has 0 saturated heterocycles. The zero-order chi connectivity index (χ0) is 20.8. The van der Waals surface area contributed by atoms with Crippen molar-refractivity contribution in [3.8, 4) is 17.3 Å². The molecule has 0 atom stereocenters. The van der Waals surface area contributed by atoms with E-state index in [1.807, 2.05) is 0 Å². The van der Waals surface area contributed by atoms with Crippen LogP contribution in [0.25, 0.3) is 5.69 Å². The van der Waals surface area contributed by atoms with Gasteiger partial charge in [0.15, 0.2) is 11.3 Å². The van der Waals surface area contributed by atoms with E-state index >= 15 is 0 Å². The largest absolute Gasteiger partial charge is 0.506 e. The summed E-state index contributed by atoms with van der Waals surface area (Å²) in [6.07, 6.45) is 0. The Bertz CT molecular complexity index is 966. The fourth-order valence-electron chi connectivity index (χ4n) is 2.42. The lowest BCUT2D eigenvalue weighted by atomic mass is 10.1. The highest BCUT2D eigenvalue weighted by Crippen LogP contribution is 2.30. The van der Waals surface area contributed by atoms with Crippen LogP contribution in [0.2, 0.25) is 0 Å². The Morgan fingerprint density at radius 1 is 1.11 bits per heavy atom. The standard InChI is InChI=1S/C18H18N2O8/c1-3-28-11(21)9-19-15(23)12-14(22)13(18(26)27-2)17(25)20(16(12)24)10-7-5-4-6-8-10/h4-8,22,25H,3,9H2,1-2H3,(H,19,23). The minimum absolute atomic E-state index is 0.0897. The lowest BCUT2D eigenvalue weighted by molar-refractivity contribution is -0.141. The monoisotopic (exact) mass is 390 g/mol. The third kappa shape index (κ3) is 3.95. The molecule has 2 aromatic rings. The molecule has 0 aliphatic heterocycles. The first kappa shape index (κ1) is 20.5. The Hall–Kier alpha value is -3.82. The maximum atomic E-state index is 12.8. The number of aromatic hydroxyl groups is 2. The van der Waals surface area contributed by atoms with E-state index in [0.29, 0.717) is 4.57 Å². The van der Waals surface area contributed by atoms with Crippen LogP contribution in [0.4, 0.5) is 0 Å². The molecule has 10 nitrogen and oxygen atoms in total. The van der Waals surface area contributed by atoms with Crippen molar-refractivity contribution in [3.63, 3.8) is 0 Å². The van der Waals surface area contributed by atoms with Crippen LogP contribution in [0.15, 0.2) is 35.1 Å². The number of nitrogens with zero attached hydrogens (tertiary/aromatic N) is 1. The highest BCUT2D eigenvalue weighted by molar-refractivity contribution is 6.03. The second kappa shape index (κ2) is 8.71. The molecule has 148 valence electrons. The average Bonchev–Trinajstić information content (AvgIpc) is 2.67. The zero-order valence-electron chi connectivity index (χ0n) is 15.1. The minimum atomic E-state index is -1.17. The van der Waals surface area contributed by atoms with Gasteiger partial charge in [-0.2, -0.15) is 0 Å². The molecule has 0 spiro atoms. The highest BCUT2D eigenvalue weighted by atomic mass is 16.5. The molecule has 1 heterocycles. The van der Waals surface area contributed by atoms with Crippen molar-refractivity contribution in [1.29, 1.82) is 0 Å². The number of amides is 1. The number of pyridine rings is 1. The molecule has 0 fully saturated rings. The van der Waals surface area contributed by atoms with E-state index in [1.165, 1.54) is 12.1 Å². The summed E-state index contributed by atoms with van der Waals surface area (Å²) in [7, 11) is 1.000. The molecule has 0 aliphatic rings. The van der Waals surface area contributed by atoms with E-state index < -0.39 is 52.7 Å². The van der Waals surface area contributed by atoms with Gasteiger partial charge < -0.3 is 25.0 Å². The molecule has 1 amide bonds. The normalized spacial score (nSPS) is 10.2. The summed E-state index contributed by atoms with van der Waals surface area (Å²) in [5, 5.41) is 22.8. The summed E-state index contributed by atoms with van der Waals surface area (Å²) in [6.45, 7) is 1.10. The third-order valence-corrected chi connectivity index (χ3v) is 3.66. The Balaban J connectivity index is 2.65. The van der Waals surface area contributed by atoms with E-state index in [2.05, 4.69) is 14.8 Å². The van der Waals surface area contributed by atoms with Crippen molar-refractivity contribution < 1.29 is 34.1 Å². The Morgan fingerprint density at radius 2 is 1.75 bits per heavy atom. The van der Waals surface area contributed by atoms with Gasteiger partial charge in [0.1, 0.15) is 12.1 Å². The van der Waals surface area contributed by atoms with Crippen molar-refractivity contribution in [2.24, 2.45) is 0 Å². The Morgan fingerprint density at radius 3 is 2.32 bits per heavy atom. The number of benzene rings is 1. The first-order valence-corrected chi connectivity index (χ1v) is 8.11. The maximum Gasteiger partial charge on any atom is 0.347 e. The van der Waals surface area contributed by atoms with Gasteiger partial charge in [-0.3, -0.25) is 14.4 Å². The number of aromatic nitrogens is 1. The van der Waals surface area contributed by atoms with Gasteiger partial charge in [-0.15, -0.1) is 0 Å². The van der Waals surface area contributed by atoms with Crippen LogP contribution in [0.5, 0.6) is 11.6 Å². The van der Waals surface area contributed by atoms with Crippen LogP contribution in [0.1, 0.15) is 27.6 Å². The minimum Gasteiger partial charge on any atom is -0.506 e. The number of para-hydroxylation sites is 1. The van der Waals surface area contributed by atoms with Crippen LogP contribution in [0.3, 0.4) is 0 Å². The Kier molecular flexibility index (Phi) is 6.38. The van der Waals surface area contributed by atoms with Gasteiger partial charge in [0.05, 0.1) is 19.4 Å². The molecule has 3 N–H and O–H groups in total. The third-order valence-electron chi connectivity index (χ3n) is 3.66. The molecule has 10 heteroatoms. The molecule has 0 saturated carbocycles. The van der Waals surface area contributed by atoms with Gasteiger partial charge in [-0.05, 0) is 19.1 Å². The van der Waals surface area contributed by atoms with Crippen molar-refractivity contribution >= 4 is 17.8 Å². The molecule has 28 heavy (non-hydrogen) atoms. The molecule has 2 rings (SSSR count). The quantitative estimate of drug-likeness (QED) is 0.599. The predicted octanol–water partition coefficient (Wildman–Crippen LogP) is 0.328. The topological polar surface area (TPSA) is 144 Å². The van der Waals surface area contributed by atoms with E-state index in [1.54, 1.807) is 25.1 Å². The SMILES string of the molecule is CCOC(=O)CNC(=O)c1c(O)c(C(=O)OC)c(O)n(-c2ccccc2)c1=O. The van der Waals surface area contributed by atoms with Gasteiger partial charge in [0.25, 0.3) is 11.5 Å². The maximum absolute atomic E-state index is 12.8. The number of methoxy groups -OCH3 is 1. The van der Waals surface area contributed by atoms with Gasteiger partial charge in [0.2, 0.25) is 5.88 Å². The van der Waals surface area contributed by atoms with Crippen molar-refractivity contribution in [2.75, 3.05) is 20.3 Å². The van der Waals surface area contributed by atoms with Gasteiger partial charge >= 0.3 is 11.9 Å².